The van der Waals surface area contributed by atoms with Gasteiger partial charge in [-0.3, -0.25) is 8.98 Å². The predicted octanol–water partition coefficient (Wildman–Crippen LogP) is 2.29. The number of esters is 1. The van der Waals surface area contributed by atoms with E-state index in [0.29, 0.717) is 12.3 Å². The van der Waals surface area contributed by atoms with E-state index in [1.807, 2.05) is 6.92 Å². The lowest BCUT2D eigenvalue weighted by atomic mass is 9.87. The largest absolute Gasteiger partial charge is 0.469 e. The van der Waals surface area contributed by atoms with Crippen molar-refractivity contribution in [2.24, 2.45) is 17.8 Å². The third-order valence-corrected chi connectivity index (χ3v) is 6.17. The Morgan fingerprint density at radius 1 is 1.14 bits per heavy atom. The second kappa shape index (κ2) is 5.66. The molecule has 22 heavy (non-hydrogen) atoms. The average molecular weight is 324 g/mol. The van der Waals surface area contributed by atoms with E-state index >= 15 is 0 Å². The van der Waals surface area contributed by atoms with E-state index in [1.54, 1.807) is 24.3 Å². The maximum Gasteiger partial charge on any atom is 0.309 e. The topological polar surface area (TPSA) is 69.7 Å². The first-order valence-electron chi connectivity index (χ1n) is 7.48. The molecule has 0 heterocycles. The highest BCUT2D eigenvalue weighted by molar-refractivity contribution is 7.86. The maximum atomic E-state index is 12.4. The summed E-state index contributed by atoms with van der Waals surface area (Å²) in [6, 6.07) is 6.59. The second-order valence-electron chi connectivity index (χ2n) is 6.27. The number of ether oxygens (including phenoxy) is 1. The summed E-state index contributed by atoms with van der Waals surface area (Å²) < 4.78 is 35.0. The molecular weight excluding hydrogens is 304 g/mol. The first kappa shape index (κ1) is 15.5. The third-order valence-electron chi connectivity index (χ3n) is 4.82. The molecule has 0 aromatic heterocycles. The van der Waals surface area contributed by atoms with E-state index in [4.69, 9.17) is 8.92 Å². The fourth-order valence-electron chi connectivity index (χ4n) is 3.74. The number of benzene rings is 1. The molecule has 0 aliphatic heterocycles. The van der Waals surface area contributed by atoms with Gasteiger partial charge in [-0.25, -0.2) is 0 Å². The normalized spacial score (nSPS) is 30.5. The van der Waals surface area contributed by atoms with Gasteiger partial charge in [0.15, 0.2) is 0 Å². The number of carbonyl (C=O) groups excluding carboxylic acids is 1. The van der Waals surface area contributed by atoms with Crippen LogP contribution in [0.15, 0.2) is 29.2 Å². The molecule has 120 valence electrons. The number of fused-ring (bicyclic) bond motifs is 2. The first-order valence-corrected chi connectivity index (χ1v) is 8.89. The maximum absolute atomic E-state index is 12.4. The molecular formula is C16H20O5S. The fourth-order valence-corrected chi connectivity index (χ4v) is 4.87. The van der Waals surface area contributed by atoms with Gasteiger partial charge in [0, 0.05) is 5.92 Å². The third kappa shape index (κ3) is 2.77. The van der Waals surface area contributed by atoms with Gasteiger partial charge in [0.05, 0.1) is 24.0 Å². The molecule has 0 saturated heterocycles. The summed E-state index contributed by atoms with van der Waals surface area (Å²) >= 11 is 0. The molecule has 0 radical (unpaired) electrons. The van der Waals surface area contributed by atoms with E-state index in [0.717, 1.165) is 18.4 Å². The number of hydrogen-bond donors (Lipinski definition) is 0. The molecule has 2 aliphatic rings. The van der Waals surface area contributed by atoms with Crippen molar-refractivity contribution in [1.82, 2.24) is 0 Å². The van der Waals surface area contributed by atoms with Crippen LogP contribution in [0.1, 0.15) is 24.8 Å². The number of hydrogen-bond acceptors (Lipinski definition) is 5. The van der Waals surface area contributed by atoms with Crippen LogP contribution >= 0.6 is 0 Å². The van der Waals surface area contributed by atoms with Gasteiger partial charge in [0.2, 0.25) is 0 Å². The van der Waals surface area contributed by atoms with E-state index in [1.165, 1.54) is 7.11 Å². The molecule has 2 saturated carbocycles. The molecule has 1 aromatic rings. The average Bonchev–Trinajstić information content (AvgIpc) is 3.06. The van der Waals surface area contributed by atoms with Gasteiger partial charge in [-0.15, -0.1) is 0 Å². The van der Waals surface area contributed by atoms with Crippen LogP contribution in [0.2, 0.25) is 0 Å². The van der Waals surface area contributed by atoms with Gasteiger partial charge >= 0.3 is 5.97 Å². The van der Waals surface area contributed by atoms with Gasteiger partial charge in [-0.1, -0.05) is 17.7 Å². The summed E-state index contributed by atoms with van der Waals surface area (Å²) in [6.45, 7) is 1.90. The molecule has 2 bridgehead atoms. The van der Waals surface area contributed by atoms with Crippen LogP contribution in [0.3, 0.4) is 0 Å². The van der Waals surface area contributed by atoms with Crippen LogP contribution in [-0.2, 0) is 23.8 Å². The molecule has 0 unspecified atom stereocenters. The summed E-state index contributed by atoms with van der Waals surface area (Å²) in [5, 5.41) is 0. The minimum absolute atomic E-state index is 0.0577. The highest BCUT2D eigenvalue weighted by Crippen LogP contribution is 2.50. The van der Waals surface area contributed by atoms with Gasteiger partial charge in [-0.2, -0.15) is 8.42 Å². The Kier molecular flexibility index (Phi) is 3.99. The Morgan fingerprint density at radius 2 is 1.82 bits per heavy atom. The van der Waals surface area contributed by atoms with Crippen LogP contribution in [0, 0.1) is 24.7 Å². The number of rotatable bonds is 4. The van der Waals surface area contributed by atoms with E-state index in [9.17, 15) is 13.2 Å². The highest BCUT2D eigenvalue weighted by Gasteiger charge is 2.51. The molecule has 1 aromatic carbocycles. The van der Waals surface area contributed by atoms with Crippen molar-refractivity contribution in [3.8, 4) is 0 Å². The number of carbonyl (C=O) groups is 1. The summed E-state index contributed by atoms with van der Waals surface area (Å²) in [5.74, 6) is -0.194. The van der Waals surface area contributed by atoms with Gasteiger partial charge in [0.1, 0.15) is 0 Å². The summed E-state index contributed by atoms with van der Waals surface area (Å²) in [5.41, 5.74) is 0.990. The van der Waals surface area contributed by atoms with Gasteiger partial charge in [-0.05, 0) is 44.2 Å². The zero-order chi connectivity index (χ0) is 15.9. The Morgan fingerprint density at radius 3 is 2.41 bits per heavy atom. The van der Waals surface area contributed by atoms with Crippen molar-refractivity contribution in [2.45, 2.75) is 37.2 Å². The lowest BCUT2D eigenvalue weighted by Crippen LogP contribution is -2.34. The van der Waals surface area contributed by atoms with Crippen molar-refractivity contribution >= 4 is 16.1 Å². The van der Waals surface area contributed by atoms with Crippen molar-refractivity contribution < 1.29 is 22.1 Å². The van der Waals surface area contributed by atoms with Gasteiger partial charge < -0.3 is 4.74 Å². The van der Waals surface area contributed by atoms with Crippen molar-refractivity contribution in [1.29, 1.82) is 0 Å². The Bertz CT molecular complexity index is 664. The van der Waals surface area contributed by atoms with Crippen molar-refractivity contribution in [3.05, 3.63) is 29.8 Å². The van der Waals surface area contributed by atoms with Crippen LogP contribution in [-0.4, -0.2) is 27.6 Å². The lowest BCUT2D eigenvalue weighted by Gasteiger charge is -2.27. The van der Waals surface area contributed by atoms with E-state index in [2.05, 4.69) is 0 Å². The van der Waals surface area contributed by atoms with E-state index < -0.39 is 16.2 Å². The molecule has 4 atom stereocenters. The van der Waals surface area contributed by atoms with Crippen LogP contribution < -0.4 is 0 Å². The predicted molar refractivity (Wildman–Crippen MR) is 79.6 cm³/mol. The molecule has 0 amide bonds. The minimum Gasteiger partial charge on any atom is -0.469 e. The molecule has 6 heteroatoms. The number of methoxy groups -OCH3 is 1. The monoisotopic (exact) mass is 324 g/mol. The van der Waals surface area contributed by atoms with Gasteiger partial charge in [0.25, 0.3) is 10.1 Å². The van der Waals surface area contributed by atoms with Crippen LogP contribution in [0.5, 0.6) is 0 Å². The molecule has 5 nitrogen and oxygen atoms in total. The summed E-state index contributed by atoms with van der Waals surface area (Å²) in [7, 11) is -2.42. The number of aryl methyl sites for hydroxylation is 1. The van der Waals surface area contributed by atoms with E-state index in [-0.39, 0.29) is 22.7 Å². The Balaban J connectivity index is 1.76. The molecule has 0 N–H and O–H groups in total. The second-order valence-corrected chi connectivity index (χ2v) is 7.84. The van der Waals surface area contributed by atoms with Crippen LogP contribution in [0.4, 0.5) is 0 Å². The fraction of sp³-hybridized carbons (Fsp3) is 0.562. The Labute approximate surface area is 130 Å². The molecule has 2 fully saturated rings. The van der Waals surface area contributed by atoms with Crippen LogP contribution in [0.25, 0.3) is 0 Å². The van der Waals surface area contributed by atoms with Crippen molar-refractivity contribution in [2.75, 3.05) is 7.11 Å². The zero-order valence-corrected chi connectivity index (χ0v) is 13.5. The SMILES string of the molecule is COC(=O)[C@H]1C[C@@H]2C[C@H]1[C@H](OS(=O)(=O)c1ccc(C)cc1)C2. The Hall–Kier alpha value is -1.40. The smallest absolute Gasteiger partial charge is 0.309 e. The molecule has 0 spiro atoms. The lowest BCUT2D eigenvalue weighted by molar-refractivity contribution is -0.148. The summed E-state index contributed by atoms with van der Waals surface area (Å²) in [4.78, 5) is 12.0. The molecule has 2 aliphatic carbocycles. The van der Waals surface area contributed by atoms with Crippen molar-refractivity contribution in [3.63, 3.8) is 0 Å². The highest BCUT2D eigenvalue weighted by atomic mass is 32.2. The molecule has 3 rings (SSSR count). The first-order chi connectivity index (χ1) is 10.4. The zero-order valence-electron chi connectivity index (χ0n) is 12.7. The summed E-state index contributed by atoms with van der Waals surface area (Å²) in [6.07, 6.45) is 1.90. The standard InChI is InChI=1S/C16H20O5S/c1-10-3-5-12(6-4-10)22(18,19)21-15-9-11-7-13(15)14(8-11)16(17)20-2/h3-6,11,13-15H,7-9H2,1-2H3/t11-,13+,14-,15+/m0/s1. The minimum atomic E-state index is -3.79. The quantitative estimate of drug-likeness (QED) is 0.628.